The molecule has 166 valence electrons. The van der Waals surface area contributed by atoms with Crippen LogP contribution < -0.4 is 10.6 Å². The van der Waals surface area contributed by atoms with Crippen molar-refractivity contribution in [1.82, 2.24) is 20.4 Å². The van der Waals surface area contributed by atoms with Crippen LogP contribution in [0.1, 0.15) is 45.7 Å². The maximum Gasteiger partial charge on any atom is 0.191 e. The summed E-state index contributed by atoms with van der Waals surface area (Å²) in [6.45, 7) is 19.0. The second-order valence-electron chi connectivity index (χ2n) is 8.90. The van der Waals surface area contributed by atoms with Crippen LogP contribution in [0.2, 0.25) is 0 Å². The number of nitrogens with one attached hydrogen (secondary N) is 2. The fraction of sp³-hybridized carbons (Fsp3) is 0.696. The average Bonchev–Trinajstić information content (AvgIpc) is 2.70. The lowest BCUT2D eigenvalue weighted by molar-refractivity contribution is 0.107. The van der Waals surface area contributed by atoms with Gasteiger partial charge in [-0.15, -0.1) is 24.0 Å². The van der Waals surface area contributed by atoms with Crippen LogP contribution in [-0.2, 0) is 11.8 Å². The minimum Gasteiger partial charge on any atom is -0.356 e. The Kier molecular flexibility index (Phi) is 11.5. The number of halogens is 1. The van der Waals surface area contributed by atoms with Crippen molar-refractivity contribution in [3.05, 3.63) is 35.4 Å². The molecule has 6 heteroatoms. The largest absolute Gasteiger partial charge is 0.356 e. The molecule has 1 aliphatic heterocycles. The molecule has 1 atom stereocenters. The van der Waals surface area contributed by atoms with Gasteiger partial charge in [0.1, 0.15) is 0 Å². The van der Waals surface area contributed by atoms with Crippen LogP contribution in [0.15, 0.2) is 29.3 Å². The number of likely N-dealkylation sites (N-methyl/N-ethyl adjacent to an activating group) is 1. The molecule has 0 amide bonds. The summed E-state index contributed by atoms with van der Waals surface area (Å²) in [6.07, 6.45) is 1.000. The Morgan fingerprint density at radius 2 is 1.69 bits per heavy atom. The van der Waals surface area contributed by atoms with Crippen molar-refractivity contribution in [2.45, 2.75) is 52.5 Å². The minimum absolute atomic E-state index is 0. The van der Waals surface area contributed by atoms with Gasteiger partial charge >= 0.3 is 0 Å². The van der Waals surface area contributed by atoms with Gasteiger partial charge in [0.2, 0.25) is 0 Å². The van der Waals surface area contributed by atoms with Gasteiger partial charge in [-0.2, -0.15) is 0 Å². The Morgan fingerprint density at radius 3 is 2.21 bits per heavy atom. The standard InChI is InChI=1S/C23H41N5.HI/c1-7-27-14-16-28(17-15-27)19(2)18-26-22(24-6)25-13-12-20-8-10-21(11-9-20)23(3,4)5;/h8-11,19H,7,12-18H2,1-6H3,(H2,24,25,26);1H. The van der Waals surface area contributed by atoms with Gasteiger partial charge in [-0.25, -0.2) is 0 Å². The van der Waals surface area contributed by atoms with Crippen LogP contribution >= 0.6 is 24.0 Å². The second kappa shape index (κ2) is 12.7. The van der Waals surface area contributed by atoms with E-state index >= 15 is 0 Å². The molecule has 1 aromatic rings. The third-order valence-corrected chi connectivity index (χ3v) is 5.79. The molecular weight excluding hydrogens is 473 g/mol. The Labute approximate surface area is 195 Å². The molecule has 0 bridgehead atoms. The first kappa shape index (κ1) is 26.2. The molecule has 5 nitrogen and oxygen atoms in total. The Morgan fingerprint density at radius 1 is 1.07 bits per heavy atom. The molecule has 0 saturated carbocycles. The lowest BCUT2D eigenvalue weighted by Crippen LogP contribution is -2.53. The topological polar surface area (TPSA) is 42.9 Å². The van der Waals surface area contributed by atoms with Crippen molar-refractivity contribution in [2.75, 3.05) is 52.9 Å². The maximum atomic E-state index is 4.38. The summed E-state index contributed by atoms with van der Waals surface area (Å²) in [5.74, 6) is 0.894. The molecular formula is C23H42IN5. The smallest absolute Gasteiger partial charge is 0.191 e. The molecule has 2 N–H and O–H groups in total. The molecule has 0 aromatic heterocycles. The summed E-state index contributed by atoms with van der Waals surface area (Å²) >= 11 is 0. The summed E-state index contributed by atoms with van der Waals surface area (Å²) < 4.78 is 0. The predicted molar refractivity (Wildman–Crippen MR) is 137 cm³/mol. The number of hydrogen-bond acceptors (Lipinski definition) is 3. The first-order chi connectivity index (χ1) is 13.3. The fourth-order valence-corrected chi connectivity index (χ4v) is 3.61. The summed E-state index contributed by atoms with van der Waals surface area (Å²) in [5, 5.41) is 6.94. The second-order valence-corrected chi connectivity index (χ2v) is 8.90. The van der Waals surface area contributed by atoms with E-state index in [4.69, 9.17) is 0 Å². The molecule has 2 rings (SSSR count). The van der Waals surface area contributed by atoms with E-state index in [0.29, 0.717) is 6.04 Å². The van der Waals surface area contributed by atoms with Gasteiger partial charge in [-0.05, 0) is 36.4 Å². The van der Waals surface area contributed by atoms with E-state index in [2.05, 4.69) is 84.3 Å². The number of hydrogen-bond donors (Lipinski definition) is 2. The fourth-order valence-electron chi connectivity index (χ4n) is 3.61. The van der Waals surface area contributed by atoms with Crippen LogP contribution in [0.25, 0.3) is 0 Å². The van der Waals surface area contributed by atoms with Crippen LogP contribution in [0.3, 0.4) is 0 Å². The van der Waals surface area contributed by atoms with Crippen molar-refractivity contribution in [1.29, 1.82) is 0 Å². The molecule has 1 aliphatic rings. The number of benzene rings is 1. The van der Waals surface area contributed by atoms with E-state index in [1.807, 2.05) is 7.05 Å². The number of aliphatic imine (C=N–C) groups is 1. The highest BCUT2D eigenvalue weighted by atomic mass is 127. The lowest BCUT2D eigenvalue weighted by Gasteiger charge is -2.37. The third kappa shape index (κ3) is 8.80. The molecule has 1 fully saturated rings. The lowest BCUT2D eigenvalue weighted by atomic mass is 9.86. The Bertz CT molecular complexity index is 601. The van der Waals surface area contributed by atoms with Crippen molar-refractivity contribution in [2.24, 2.45) is 4.99 Å². The molecule has 1 heterocycles. The van der Waals surface area contributed by atoms with Crippen LogP contribution in [0.4, 0.5) is 0 Å². The van der Waals surface area contributed by atoms with E-state index in [9.17, 15) is 0 Å². The van der Waals surface area contributed by atoms with Gasteiger partial charge in [0.15, 0.2) is 5.96 Å². The average molecular weight is 516 g/mol. The van der Waals surface area contributed by atoms with Crippen molar-refractivity contribution < 1.29 is 0 Å². The van der Waals surface area contributed by atoms with Gasteiger partial charge in [0.25, 0.3) is 0 Å². The third-order valence-electron chi connectivity index (χ3n) is 5.79. The Balaban J connectivity index is 0.00000420. The number of nitrogens with zero attached hydrogens (tertiary/aromatic N) is 3. The highest BCUT2D eigenvalue weighted by molar-refractivity contribution is 14.0. The molecule has 1 saturated heterocycles. The highest BCUT2D eigenvalue weighted by Gasteiger charge is 2.20. The SMILES string of the molecule is CCN1CCN(C(C)CNC(=NC)NCCc2ccc(C(C)(C)C)cc2)CC1.I. The van der Waals surface area contributed by atoms with Crippen molar-refractivity contribution in [3.63, 3.8) is 0 Å². The molecule has 1 unspecified atom stereocenters. The highest BCUT2D eigenvalue weighted by Crippen LogP contribution is 2.22. The first-order valence-corrected chi connectivity index (χ1v) is 10.8. The maximum absolute atomic E-state index is 4.38. The summed E-state index contributed by atoms with van der Waals surface area (Å²) in [6, 6.07) is 9.51. The quantitative estimate of drug-likeness (QED) is 0.332. The first-order valence-electron chi connectivity index (χ1n) is 10.8. The zero-order chi connectivity index (χ0) is 20.6. The predicted octanol–water partition coefficient (Wildman–Crippen LogP) is 3.34. The number of piperazine rings is 1. The van der Waals surface area contributed by atoms with E-state index in [-0.39, 0.29) is 29.4 Å². The van der Waals surface area contributed by atoms with Gasteiger partial charge in [-0.1, -0.05) is 52.0 Å². The zero-order valence-corrected chi connectivity index (χ0v) is 21.6. The van der Waals surface area contributed by atoms with Crippen LogP contribution in [0, 0.1) is 0 Å². The zero-order valence-electron chi connectivity index (χ0n) is 19.3. The normalized spacial score (nSPS) is 17.5. The van der Waals surface area contributed by atoms with Gasteiger partial charge < -0.3 is 15.5 Å². The van der Waals surface area contributed by atoms with E-state index in [1.165, 1.54) is 24.2 Å². The van der Waals surface area contributed by atoms with E-state index < -0.39 is 0 Å². The van der Waals surface area contributed by atoms with Crippen molar-refractivity contribution >= 4 is 29.9 Å². The van der Waals surface area contributed by atoms with Crippen molar-refractivity contribution in [3.8, 4) is 0 Å². The molecule has 29 heavy (non-hydrogen) atoms. The Hall–Kier alpha value is -0.860. The number of rotatable bonds is 7. The molecule has 1 aromatic carbocycles. The number of guanidine groups is 1. The molecule has 0 spiro atoms. The van der Waals surface area contributed by atoms with Gasteiger partial charge in [0, 0.05) is 52.4 Å². The van der Waals surface area contributed by atoms with Crippen LogP contribution in [0.5, 0.6) is 0 Å². The van der Waals surface area contributed by atoms with Gasteiger partial charge in [0.05, 0.1) is 0 Å². The minimum atomic E-state index is 0. The summed E-state index contributed by atoms with van der Waals surface area (Å²) in [5.41, 5.74) is 2.95. The van der Waals surface area contributed by atoms with E-state index in [0.717, 1.165) is 45.1 Å². The van der Waals surface area contributed by atoms with Gasteiger partial charge in [-0.3, -0.25) is 9.89 Å². The van der Waals surface area contributed by atoms with Crippen LogP contribution in [-0.4, -0.2) is 74.7 Å². The molecule has 0 aliphatic carbocycles. The molecule has 0 radical (unpaired) electrons. The monoisotopic (exact) mass is 515 g/mol. The summed E-state index contributed by atoms with van der Waals surface area (Å²) in [4.78, 5) is 9.47. The summed E-state index contributed by atoms with van der Waals surface area (Å²) in [7, 11) is 1.85. The van der Waals surface area contributed by atoms with E-state index in [1.54, 1.807) is 0 Å².